The number of carbonyl (C=O) groups is 1. The molecule has 0 aromatic carbocycles. The van der Waals surface area contributed by atoms with Crippen LogP contribution in [0, 0.1) is 17.8 Å². The van der Waals surface area contributed by atoms with Crippen molar-refractivity contribution in [3.05, 3.63) is 21.9 Å². The zero-order valence-electron chi connectivity index (χ0n) is 13.8. The van der Waals surface area contributed by atoms with Crippen molar-refractivity contribution in [2.75, 3.05) is 26.7 Å². The summed E-state index contributed by atoms with van der Waals surface area (Å²) in [6.07, 6.45) is 6.55. The highest BCUT2D eigenvalue weighted by Crippen LogP contribution is 2.53. The number of nitrogens with zero attached hydrogens (tertiary/aromatic N) is 1. The topological polar surface area (TPSA) is 55.6 Å². The second-order valence-corrected chi connectivity index (χ2v) is 8.60. The number of fused-ring (bicyclic) bond motifs is 2. The summed E-state index contributed by atoms with van der Waals surface area (Å²) in [4.78, 5) is 16.0. The van der Waals surface area contributed by atoms with Crippen LogP contribution in [-0.2, 0) is 10.3 Å². The van der Waals surface area contributed by atoms with E-state index in [2.05, 4.69) is 11.0 Å². The Bertz CT molecular complexity index is 582. The molecule has 2 saturated carbocycles. The molecule has 0 radical (unpaired) electrons. The van der Waals surface area contributed by atoms with Crippen molar-refractivity contribution in [3.8, 4) is 0 Å². The highest BCUT2D eigenvalue weighted by Gasteiger charge is 2.54. The van der Waals surface area contributed by atoms with E-state index < -0.39 is 0 Å². The highest BCUT2D eigenvalue weighted by molar-refractivity contribution is 7.14. The smallest absolute Gasteiger partial charge is 0.258 e. The summed E-state index contributed by atoms with van der Waals surface area (Å²) in [5, 5.41) is 0. The van der Waals surface area contributed by atoms with Gasteiger partial charge in [0.2, 0.25) is 0 Å². The number of rotatable bonds is 5. The monoisotopic (exact) mass is 334 g/mol. The van der Waals surface area contributed by atoms with Crippen LogP contribution in [0.1, 0.15) is 46.7 Å². The molecule has 4 rings (SSSR count). The number of primary amides is 1. The van der Waals surface area contributed by atoms with E-state index in [0.717, 1.165) is 19.0 Å². The molecule has 1 saturated heterocycles. The molecule has 1 aliphatic heterocycles. The van der Waals surface area contributed by atoms with Crippen LogP contribution >= 0.6 is 11.3 Å². The minimum Gasteiger partial charge on any atom is -0.372 e. The van der Waals surface area contributed by atoms with E-state index in [-0.39, 0.29) is 11.5 Å². The molecule has 1 amide bonds. The normalized spacial score (nSPS) is 34.5. The van der Waals surface area contributed by atoms with Crippen LogP contribution < -0.4 is 5.73 Å². The van der Waals surface area contributed by atoms with Crippen LogP contribution in [0.15, 0.2) is 12.1 Å². The van der Waals surface area contributed by atoms with Gasteiger partial charge in [0.1, 0.15) is 5.60 Å². The summed E-state index contributed by atoms with van der Waals surface area (Å²) in [6.45, 7) is 3.53. The fourth-order valence-corrected chi connectivity index (χ4v) is 6.04. The average Bonchev–Trinajstić information content (AvgIpc) is 3.18. The maximum Gasteiger partial charge on any atom is 0.258 e. The number of carbonyl (C=O) groups excluding carboxylic acids is 1. The molecule has 2 N–H and O–H groups in total. The Labute approximate surface area is 142 Å². The third kappa shape index (κ3) is 2.63. The lowest BCUT2D eigenvalue weighted by Gasteiger charge is -2.55. The molecule has 5 heteroatoms. The van der Waals surface area contributed by atoms with Crippen molar-refractivity contribution >= 4 is 17.2 Å². The number of amides is 1. The molecule has 2 bridgehead atoms. The standard InChI is InChI=1S/C18H26N2O2S/c1-22-18(16-8-7-15(23-16)17(19)21)13-3-2-4-14(18)11-20(10-13)9-12-5-6-12/h7-8,12-14H,2-6,9-11H2,1H3,(H2,19,21)/t13-,14+,18?. The van der Waals surface area contributed by atoms with Gasteiger partial charge in [-0.25, -0.2) is 0 Å². The van der Waals surface area contributed by atoms with E-state index in [1.165, 1.54) is 54.9 Å². The summed E-state index contributed by atoms with van der Waals surface area (Å²) in [7, 11) is 1.85. The molecule has 2 heterocycles. The summed E-state index contributed by atoms with van der Waals surface area (Å²) < 4.78 is 6.23. The predicted molar refractivity (Wildman–Crippen MR) is 91.5 cm³/mol. The van der Waals surface area contributed by atoms with Crippen molar-refractivity contribution in [1.29, 1.82) is 0 Å². The van der Waals surface area contributed by atoms with Crippen molar-refractivity contribution < 1.29 is 9.53 Å². The number of methoxy groups -OCH3 is 1. The lowest BCUT2D eigenvalue weighted by atomic mass is 9.64. The number of hydrogen-bond donors (Lipinski definition) is 1. The lowest BCUT2D eigenvalue weighted by molar-refractivity contribution is -0.167. The first-order chi connectivity index (χ1) is 11.1. The molecule has 3 aliphatic rings. The Morgan fingerprint density at radius 1 is 1.30 bits per heavy atom. The molecule has 3 fully saturated rings. The van der Waals surface area contributed by atoms with Gasteiger partial charge in [0.25, 0.3) is 5.91 Å². The Hall–Kier alpha value is -0.910. The van der Waals surface area contributed by atoms with Crippen molar-refractivity contribution in [2.45, 2.75) is 37.7 Å². The van der Waals surface area contributed by atoms with Crippen LogP contribution in [0.3, 0.4) is 0 Å². The Morgan fingerprint density at radius 2 is 2.00 bits per heavy atom. The molecule has 0 spiro atoms. The van der Waals surface area contributed by atoms with Crippen LogP contribution in [0.2, 0.25) is 0 Å². The van der Waals surface area contributed by atoms with Gasteiger partial charge >= 0.3 is 0 Å². The van der Waals surface area contributed by atoms with Gasteiger partial charge in [-0.2, -0.15) is 0 Å². The first-order valence-electron chi connectivity index (χ1n) is 8.81. The number of likely N-dealkylation sites (tertiary alicyclic amines) is 1. The van der Waals surface area contributed by atoms with Crippen molar-refractivity contribution in [2.24, 2.45) is 23.5 Å². The highest BCUT2D eigenvalue weighted by atomic mass is 32.1. The van der Waals surface area contributed by atoms with Gasteiger partial charge in [0, 0.05) is 43.5 Å². The van der Waals surface area contributed by atoms with E-state index in [1.54, 1.807) is 0 Å². The number of hydrogen-bond acceptors (Lipinski definition) is 4. The first kappa shape index (κ1) is 15.6. The maximum atomic E-state index is 11.5. The third-order valence-electron chi connectivity index (χ3n) is 6.06. The van der Waals surface area contributed by atoms with Crippen LogP contribution in [0.4, 0.5) is 0 Å². The van der Waals surface area contributed by atoms with Gasteiger partial charge in [-0.15, -0.1) is 11.3 Å². The summed E-state index contributed by atoms with van der Waals surface area (Å²) >= 11 is 1.54. The average molecular weight is 334 g/mol. The van der Waals surface area contributed by atoms with E-state index in [1.807, 2.05) is 13.2 Å². The minimum absolute atomic E-state index is 0.212. The molecule has 1 aromatic heterocycles. The Morgan fingerprint density at radius 3 is 2.52 bits per heavy atom. The molecule has 1 aromatic rings. The Balaban J connectivity index is 1.64. The van der Waals surface area contributed by atoms with Crippen LogP contribution in [-0.4, -0.2) is 37.6 Å². The first-order valence-corrected chi connectivity index (χ1v) is 9.62. The largest absolute Gasteiger partial charge is 0.372 e. The fraction of sp³-hybridized carbons (Fsp3) is 0.722. The van der Waals surface area contributed by atoms with Crippen molar-refractivity contribution in [1.82, 2.24) is 4.90 Å². The lowest BCUT2D eigenvalue weighted by Crippen LogP contribution is -2.59. The quantitative estimate of drug-likeness (QED) is 0.901. The van der Waals surface area contributed by atoms with E-state index >= 15 is 0 Å². The molecule has 1 unspecified atom stereocenters. The number of thiophene rings is 1. The molecule has 4 nitrogen and oxygen atoms in total. The van der Waals surface area contributed by atoms with E-state index in [4.69, 9.17) is 10.5 Å². The number of ether oxygens (including phenoxy) is 1. The van der Waals surface area contributed by atoms with Crippen molar-refractivity contribution in [3.63, 3.8) is 0 Å². The van der Waals surface area contributed by atoms with Crippen LogP contribution in [0.25, 0.3) is 0 Å². The van der Waals surface area contributed by atoms with Gasteiger partial charge in [0.05, 0.1) is 4.88 Å². The SMILES string of the molecule is COC1(c2ccc(C(N)=O)s2)[C@@H]2CCC[C@H]1CN(CC1CC1)C2. The molecular formula is C18H26N2O2S. The molecule has 126 valence electrons. The maximum absolute atomic E-state index is 11.5. The molecule has 23 heavy (non-hydrogen) atoms. The van der Waals surface area contributed by atoms with Gasteiger partial charge in [0.15, 0.2) is 0 Å². The zero-order valence-corrected chi connectivity index (χ0v) is 14.6. The molecular weight excluding hydrogens is 308 g/mol. The summed E-state index contributed by atoms with van der Waals surface area (Å²) in [5.74, 6) is 1.66. The minimum atomic E-state index is -0.330. The second kappa shape index (κ2) is 5.87. The predicted octanol–water partition coefficient (Wildman–Crippen LogP) is 2.83. The second-order valence-electron chi connectivity index (χ2n) is 7.51. The summed E-state index contributed by atoms with van der Waals surface area (Å²) in [5.41, 5.74) is 5.25. The molecule has 2 aliphatic carbocycles. The van der Waals surface area contributed by atoms with Crippen LogP contribution in [0.5, 0.6) is 0 Å². The van der Waals surface area contributed by atoms with E-state index in [0.29, 0.717) is 16.7 Å². The number of nitrogens with two attached hydrogens (primary N) is 1. The number of piperidine rings is 1. The fourth-order valence-electron chi connectivity index (χ4n) is 4.86. The third-order valence-corrected chi connectivity index (χ3v) is 7.29. The van der Waals surface area contributed by atoms with Gasteiger partial charge in [-0.1, -0.05) is 6.42 Å². The van der Waals surface area contributed by atoms with Gasteiger partial charge in [-0.05, 0) is 43.7 Å². The van der Waals surface area contributed by atoms with E-state index in [9.17, 15) is 4.79 Å². The Kier molecular flexibility index (Phi) is 3.98. The molecule has 3 atom stereocenters. The summed E-state index contributed by atoms with van der Waals surface area (Å²) in [6, 6.07) is 3.95. The van der Waals surface area contributed by atoms with Gasteiger partial charge in [-0.3, -0.25) is 4.79 Å². The van der Waals surface area contributed by atoms with Gasteiger partial charge < -0.3 is 15.4 Å². The zero-order chi connectivity index (χ0) is 16.0.